The zero-order valence-electron chi connectivity index (χ0n) is 20.9. The first-order valence-electron chi connectivity index (χ1n) is 13.3. The van der Waals surface area contributed by atoms with Gasteiger partial charge in [0, 0.05) is 28.9 Å². The monoisotopic (exact) mass is 501 g/mol. The highest BCUT2D eigenvalue weighted by molar-refractivity contribution is 5.88. The summed E-state index contributed by atoms with van der Waals surface area (Å²) in [4.78, 5) is 17.1. The van der Waals surface area contributed by atoms with Crippen LogP contribution in [0.4, 0.5) is 14.9 Å². The van der Waals surface area contributed by atoms with Crippen LogP contribution in [0.1, 0.15) is 55.7 Å². The van der Waals surface area contributed by atoms with Crippen LogP contribution < -0.4 is 10.7 Å². The molecule has 8 rings (SSSR count). The van der Waals surface area contributed by atoms with E-state index in [9.17, 15) is 14.3 Å². The Balaban J connectivity index is 1.08. The average molecular weight is 502 g/mol. The average Bonchev–Trinajstić information content (AvgIpc) is 3.46. The van der Waals surface area contributed by atoms with Crippen molar-refractivity contribution in [3.8, 4) is 11.3 Å². The van der Waals surface area contributed by atoms with E-state index < -0.39 is 6.10 Å². The second kappa shape index (κ2) is 8.39. The van der Waals surface area contributed by atoms with Crippen LogP contribution >= 0.6 is 0 Å². The molecule has 2 saturated carbocycles. The number of piperidine rings is 2. The predicted molar refractivity (Wildman–Crippen MR) is 138 cm³/mol. The van der Waals surface area contributed by atoms with Gasteiger partial charge in [-0.1, -0.05) is 29.8 Å². The summed E-state index contributed by atoms with van der Waals surface area (Å²) in [6.45, 7) is 2.02. The van der Waals surface area contributed by atoms with Crippen molar-refractivity contribution in [1.29, 1.82) is 0 Å². The molecule has 3 N–H and O–H groups in total. The molecule has 0 spiro atoms. The number of benzene rings is 2. The molecule has 4 unspecified atom stereocenters. The van der Waals surface area contributed by atoms with Crippen LogP contribution in [0.5, 0.6) is 0 Å². The molecule has 0 radical (unpaired) electrons. The van der Waals surface area contributed by atoms with Gasteiger partial charge in [-0.15, -0.1) is 0 Å². The number of imidazole rings is 1. The molecule has 4 atom stereocenters. The van der Waals surface area contributed by atoms with Crippen LogP contribution in [0.25, 0.3) is 11.3 Å². The third-order valence-corrected chi connectivity index (χ3v) is 9.33. The lowest BCUT2D eigenvalue weighted by molar-refractivity contribution is -0.166. The normalized spacial score (nSPS) is 30.1. The first-order chi connectivity index (χ1) is 17.9. The topological polar surface area (TPSA) is 82.4 Å². The molecule has 37 heavy (non-hydrogen) atoms. The van der Waals surface area contributed by atoms with E-state index in [0.717, 1.165) is 54.6 Å². The highest BCUT2D eigenvalue weighted by Crippen LogP contribution is 2.58. The largest absolute Gasteiger partial charge is 0.392 e. The lowest BCUT2D eigenvalue weighted by Crippen LogP contribution is -2.68. The van der Waals surface area contributed by atoms with Crippen molar-refractivity contribution in [3.63, 3.8) is 0 Å². The van der Waals surface area contributed by atoms with Gasteiger partial charge in [-0.2, -0.15) is 0 Å². The van der Waals surface area contributed by atoms with Gasteiger partial charge in [-0.25, -0.2) is 19.2 Å². The summed E-state index contributed by atoms with van der Waals surface area (Å²) in [5.74, 6) is 0.320. The van der Waals surface area contributed by atoms with Crippen molar-refractivity contribution in [2.24, 2.45) is 11.3 Å². The van der Waals surface area contributed by atoms with Gasteiger partial charge in [0.05, 0.1) is 30.4 Å². The van der Waals surface area contributed by atoms with Gasteiger partial charge >= 0.3 is 6.03 Å². The number of amides is 2. The van der Waals surface area contributed by atoms with Gasteiger partial charge in [0.2, 0.25) is 0 Å². The Labute approximate surface area is 215 Å². The van der Waals surface area contributed by atoms with E-state index in [1.54, 1.807) is 18.6 Å². The summed E-state index contributed by atoms with van der Waals surface area (Å²) >= 11 is 0. The smallest absolute Gasteiger partial charge is 0.333 e. The molecule has 4 fully saturated rings. The molecule has 192 valence electrons. The second-order valence-corrected chi connectivity index (χ2v) is 11.6. The Morgan fingerprint density at radius 1 is 1.16 bits per heavy atom. The minimum absolute atomic E-state index is 0.195. The number of hydrogen-bond acceptors (Lipinski definition) is 4. The molecular weight excluding hydrogens is 469 g/mol. The number of halogens is 1. The van der Waals surface area contributed by atoms with Crippen molar-refractivity contribution < 1.29 is 14.3 Å². The van der Waals surface area contributed by atoms with Crippen molar-refractivity contribution in [2.45, 2.75) is 69.7 Å². The number of hydrogen-bond donors (Lipinski definition) is 3. The highest BCUT2D eigenvalue weighted by atomic mass is 19.1. The quantitative estimate of drug-likeness (QED) is 0.459. The fourth-order valence-electron chi connectivity index (χ4n) is 7.88. The molecule has 4 heterocycles. The number of aromatic nitrogens is 2. The van der Waals surface area contributed by atoms with Gasteiger partial charge in [0.25, 0.3) is 0 Å². The van der Waals surface area contributed by atoms with Crippen molar-refractivity contribution in [3.05, 3.63) is 71.9 Å². The molecule has 2 aromatic carbocycles. The van der Waals surface area contributed by atoms with Crippen molar-refractivity contribution in [1.82, 2.24) is 20.0 Å². The Bertz CT molecular complexity index is 1340. The summed E-state index contributed by atoms with van der Waals surface area (Å²) < 4.78 is 17.0. The Kier molecular flexibility index (Phi) is 5.20. The van der Waals surface area contributed by atoms with Gasteiger partial charge in [0.1, 0.15) is 5.82 Å². The number of anilines is 1. The molecule has 1 aromatic heterocycles. The number of nitrogens with one attached hydrogen (secondary N) is 2. The lowest BCUT2D eigenvalue weighted by atomic mass is 9.53. The maximum Gasteiger partial charge on any atom is 0.333 e. The summed E-state index contributed by atoms with van der Waals surface area (Å²) in [5.41, 5.74) is 7.27. The summed E-state index contributed by atoms with van der Waals surface area (Å²) in [6, 6.07) is 12.9. The number of hydrazine groups is 1. The van der Waals surface area contributed by atoms with E-state index in [0.29, 0.717) is 17.9 Å². The third kappa shape index (κ3) is 3.68. The number of rotatable bonds is 5. The number of aliphatic hydroxyl groups excluding tert-OH is 1. The van der Waals surface area contributed by atoms with Crippen LogP contribution in [-0.2, 0) is 0 Å². The third-order valence-electron chi connectivity index (χ3n) is 9.33. The van der Waals surface area contributed by atoms with Crippen molar-refractivity contribution >= 4 is 11.7 Å². The fourth-order valence-corrected chi connectivity index (χ4v) is 7.88. The maximum atomic E-state index is 15.0. The number of urea groups is 1. The number of carbonyl (C=O) groups excluding carboxylic acids is 1. The van der Waals surface area contributed by atoms with Crippen LogP contribution in [0.3, 0.4) is 0 Å². The number of nitrogens with zero attached hydrogens (tertiary/aromatic N) is 3. The first kappa shape index (κ1) is 22.9. The van der Waals surface area contributed by atoms with E-state index >= 15 is 0 Å². The van der Waals surface area contributed by atoms with E-state index in [1.807, 2.05) is 41.8 Å². The lowest BCUT2D eigenvalue weighted by Gasteiger charge is -2.62. The number of aryl methyl sites for hydroxylation is 1. The fraction of sp³-hybridized carbons (Fsp3) is 0.448. The summed E-state index contributed by atoms with van der Waals surface area (Å²) in [7, 11) is 0. The van der Waals surface area contributed by atoms with Crippen LogP contribution in [0.2, 0.25) is 0 Å². The highest BCUT2D eigenvalue weighted by Gasteiger charge is 2.58. The standard InChI is InChI=1S/C29H32FN5O2/c1-17-5-7-19(8-6-17)32-28(37)33-35-20-9-18-10-21(35)14-29(12-18,13-20)26(36)11-24-27-22(3-2-4-23(27)30)25-15-31-16-34(24)25/h2-8,15-16,18,20-21,24,26,36H,9-14H2,1H3,(H2,32,33,37). The molecule has 8 heteroatoms. The van der Waals surface area contributed by atoms with E-state index in [-0.39, 0.29) is 35.4 Å². The zero-order valence-corrected chi connectivity index (χ0v) is 20.9. The number of carbonyl (C=O) groups is 1. The van der Waals surface area contributed by atoms with E-state index in [4.69, 9.17) is 0 Å². The minimum atomic E-state index is -0.560. The summed E-state index contributed by atoms with van der Waals surface area (Å²) in [5, 5.41) is 16.9. The Morgan fingerprint density at radius 3 is 2.68 bits per heavy atom. The van der Waals surface area contributed by atoms with Crippen LogP contribution in [-0.4, -0.2) is 43.9 Å². The first-order valence-corrected chi connectivity index (χ1v) is 13.3. The van der Waals surface area contributed by atoms with Crippen molar-refractivity contribution in [2.75, 3.05) is 5.32 Å². The Hall–Kier alpha value is -3.23. The molecule has 5 aliphatic rings. The molecule has 2 saturated heterocycles. The van der Waals surface area contributed by atoms with Crippen LogP contribution in [0, 0.1) is 24.1 Å². The number of aliphatic hydroxyl groups is 1. The SMILES string of the molecule is Cc1ccc(NC(=O)NN2C3CC4CC2CC(C(O)CC2c5c(F)cccc5-c5cncn52)(C4)C3)cc1. The predicted octanol–water partition coefficient (Wildman–Crippen LogP) is 5.02. The van der Waals surface area contributed by atoms with E-state index in [1.165, 1.54) is 6.07 Å². The number of fused-ring (bicyclic) bond motifs is 3. The Morgan fingerprint density at radius 2 is 1.92 bits per heavy atom. The van der Waals surface area contributed by atoms with Gasteiger partial charge in [0.15, 0.2) is 0 Å². The molecule has 3 aromatic rings. The summed E-state index contributed by atoms with van der Waals surface area (Å²) in [6.07, 6.45) is 8.16. The molecule has 2 aliphatic carbocycles. The maximum absolute atomic E-state index is 15.0. The van der Waals surface area contributed by atoms with E-state index in [2.05, 4.69) is 20.7 Å². The zero-order chi connectivity index (χ0) is 25.3. The minimum Gasteiger partial charge on any atom is -0.392 e. The van der Waals surface area contributed by atoms with Gasteiger partial charge in [-0.05, 0) is 75.0 Å². The molecule has 4 bridgehead atoms. The molecule has 2 amide bonds. The second-order valence-electron chi connectivity index (χ2n) is 11.6. The van der Waals surface area contributed by atoms with Crippen LogP contribution in [0.15, 0.2) is 55.0 Å². The molecule has 3 aliphatic heterocycles. The molecular formula is C29H32FN5O2. The van der Waals surface area contributed by atoms with Gasteiger partial charge < -0.3 is 15.0 Å². The van der Waals surface area contributed by atoms with Gasteiger partial charge in [-0.3, -0.25) is 5.43 Å². The molecule has 7 nitrogen and oxygen atoms in total.